The fourth-order valence-electron chi connectivity index (χ4n) is 7.07. The molecular formula is C33H43F5O. The highest BCUT2D eigenvalue weighted by Crippen LogP contribution is 2.43. The number of halogens is 5. The second-order valence-electron chi connectivity index (χ2n) is 12.1. The molecule has 1 atom stereocenters. The van der Waals surface area contributed by atoms with Crippen molar-refractivity contribution in [2.75, 3.05) is 0 Å². The average Bonchev–Trinajstić information content (AvgIpc) is 2.91. The normalized spacial score (nSPS) is 24.9. The van der Waals surface area contributed by atoms with Gasteiger partial charge in [0.2, 0.25) is 5.75 Å². The van der Waals surface area contributed by atoms with E-state index in [1.807, 2.05) is 12.1 Å². The summed E-state index contributed by atoms with van der Waals surface area (Å²) in [6, 6.07) is 9.31. The fraction of sp³-hybridized carbons (Fsp3) is 0.636. The summed E-state index contributed by atoms with van der Waals surface area (Å²) in [4.78, 5) is 0. The molecule has 2 aromatic carbocycles. The van der Waals surface area contributed by atoms with Crippen LogP contribution in [0.25, 0.3) is 11.1 Å². The third kappa shape index (κ3) is 8.44. The molecule has 216 valence electrons. The van der Waals surface area contributed by atoms with E-state index in [9.17, 15) is 22.0 Å². The van der Waals surface area contributed by atoms with Crippen LogP contribution in [0.1, 0.15) is 109 Å². The Balaban J connectivity index is 1.25. The summed E-state index contributed by atoms with van der Waals surface area (Å²) in [5.41, 5.74) is 1.95. The van der Waals surface area contributed by atoms with Gasteiger partial charge >= 0.3 is 6.36 Å². The number of ether oxygens (including phenoxy) is 1. The van der Waals surface area contributed by atoms with Crippen molar-refractivity contribution in [2.24, 2.45) is 23.7 Å². The Hall–Kier alpha value is -2.11. The zero-order chi connectivity index (χ0) is 28.0. The van der Waals surface area contributed by atoms with E-state index in [4.69, 9.17) is 0 Å². The summed E-state index contributed by atoms with van der Waals surface area (Å²) in [5, 5.41) is 0. The molecule has 0 heterocycles. The first-order chi connectivity index (χ1) is 18.6. The molecule has 0 N–H and O–H groups in total. The monoisotopic (exact) mass is 550 g/mol. The lowest BCUT2D eigenvalue weighted by Gasteiger charge is -2.36. The molecule has 2 fully saturated rings. The van der Waals surface area contributed by atoms with Gasteiger partial charge in [0.25, 0.3) is 0 Å². The van der Waals surface area contributed by atoms with Crippen molar-refractivity contribution in [1.29, 1.82) is 0 Å². The Morgan fingerprint density at radius 3 is 1.95 bits per heavy atom. The van der Waals surface area contributed by atoms with Crippen molar-refractivity contribution >= 4 is 0 Å². The van der Waals surface area contributed by atoms with Crippen LogP contribution in [0.5, 0.6) is 5.75 Å². The Morgan fingerprint density at radius 1 is 0.795 bits per heavy atom. The quantitative estimate of drug-likeness (QED) is 0.211. The first-order valence-electron chi connectivity index (χ1n) is 15.0. The number of alkyl halides is 3. The highest BCUT2D eigenvalue weighted by molar-refractivity contribution is 5.65. The molecule has 39 heavy (non-hydrogen) atoms. The highest BCUT2D eigenvalue weighted by Gasteiger charge is 2.34. The minimum atomic E-state index is -5.16. The summed E-state index contributed by atoms with van der Waals surface area (Å²) in [6.45, 7) is 4.75. The van der Waals surface area contributed by atoms with E-state index in [0.717, 1.165) is 48.6 Å². The number of hydrogen-bond donors (Lipinski definition) is 0. The number of unbranched alkanes of at least 4 members (excludes halogenated alkanes) is 2. The lowest BCUT2D eigenvalue weighted by atomic mass is 9.70. The third-order valence-electron chi connectivity index (χ3n) is 9.40. The van der Waals surface area contributed by atoms with Gasteiger partial charge in [-0.3, -0.25) is 0 Å². The van der Waals surface area contributed by atoms with Crippen LogP contribution in [-0.4, -0.2) is 6.36 Å². The van der Waals surface area contributed by atoms with Crippen molar-refractivity contribution in [3.63, 3.8) is 0 Å². The smallest absolute Gasteiger partial charge is 0.399 e. The SMILES string of the molecule is CCCCCC1CCC(C(C)CC2CCC(c3ccc(-c4cc(F)c(OC(F)(F)F)c(F)c4)cc3)CC2)CC1. The molecule has 0 spiro atoms. The molecular weight excluding hydrogens is 507 g/mol. The van der Waals surface area contributed by atoms with Crippen LogP contribution in [0.3, 0.4) is 0 Å². The van der Waals surface area contributed by atoms with E-state index in [-0.39, 0.29) is 5.56 Å². The number of rotatable bonds is 10. The van der Waals surface area contributed by atoms with E-state index < -0.39 is 23.7 Å². The minimum Gasteiger partial charge on any atom is -0.399 e. The molecule has 0 aliphatic heterocycles. The van der Waals surface area contributed by atoms with Crippen LogP contribution in [0.2, 0.25) is 0 Å². The summed E-state index contributed by atoms with van der Waals surface area (Å²) >= 11 is 0. The van der Waals surface area contributed by atoms with Gasteiger partial charge in [-0.25, -0.2) is 8.78 Å². The second kappa shape index (κ2) is 13.5. The highest BCUT2D eigenvalue weighted by atomic mass is 19.4. The van der Waals surface area contributed by atoms with Gasteiger partial charge in [-0.1, -0.05) is 76.6 Å². The molecule has 0 bridgehead atoms. The van der Waals surface area contributed by atoms with E-state index in [1.165, 1.54) is 76.2 Å². The molecule has 2 saturated carbocycles. The molecule has 2 aliphatic carbocycles. The van der Waals surface area contributed by atoms with Gasteiger partial charge in [0, 0.05) is 0 Å². The molecule has 0 amide bonds. The summed E-state index contributed by atoms with van der Waals surface area (Å²) in [7, 11) is 0. The van der Waals surface area contributed by atoms with Crippen LogP contribution in [0, 0.1) is 35.3 Å². The molecule has 2 aliphatic rings. The largest absolute Gasteiger partial charge is 0.573 e. The van der Waals surface area contributed by atoms with Gasteiger partial charge in [-0.2, -0.15) is 0 Å². The molecule has 0 saturated heterocycles. The predicted molar refractivity (Wildman–Crippen MR) is 147 cm³/mol. The topological polar surface area (TPSA) is 9.23 Å². The summed E-state index contributed by atoms with van der Waals surface area (Å²) in [6.07, 6.45) is 12.1. The second-order valence-corrected chi connectivity index (χ2v) is 12.1. The van der Waals surface area contributed by atoms with E-state index in [2.05, 4.69) is 18.6 Å². The summed E-state index contributed by atoms with van der Waals surface area (Å²) in [5.74, 6) is -0.261. The van der Waals surface area contributed by atoms with Crippen molar-refractivity contribution in [3.8, 4) is 16.9 Å². The lowest BCUT2D eigenvalue weighted by Crippen LogP contribution is -2.23. The van der Waals surface area contributed by atoms with Gasteiger partial charge in [-0.05, 0) is 103 Å². The average molecular weight is 551 g/mol. The van der Waals surface area contributed by atoms with Gasteiger partial charge in [-0.15, -0.1) is 13.2 Å². The van der Waals surface area contributed by atoms with Crippen molar-refractivity contribution in [2.45, 2.75) is 110 Å². The van der Waals surface area contributed by atoms with Gasteiger partial charge in [0.05, 0.1) is 0 Å². The molecule has 1 unspecified atom stereocenters. The molecule has 0 aromatic heterocycles. The number of hydrogen-bond acceptors (Lipinski definition) is 1. The Bertz CT molecular complexity index is 1010. The summed E-state index contributed by atoms with van der Waals surface area (Å²) < 4.78 is 69.1. The molecule has 0 radical (unpaired) electrons. The van der Waals surface area contributed by atoms with Crippen molar-refractivity contribution < 1.29 is 26.7 Å². The van der Waals surface area contributed by atoms with Gasteiger partial charge in [0.1, 0.15) is 0 Å². The fourth-order valence-corrected chi connectivity index (χ4v) is 7.07. The maximum absolute atomic E-state index is 14.2. The van der Waals surface area contributed by atoms with Crippen LogP contribution < -0.4 is 4.74 Å². The third-order valence-corrected chi connectivity index (χ3v) is 9.40. The maximum Gasteiger partial charge on any atom is 0.573 e. The lowest BCUT2D eigenvalue weighted by molar-refractivity contribution is -0.276. The standard InChI is InChI=1S/C33H43F5O/c1-3-4-5-6-23-7-11-25(12-8-23)22(2)19-24-9-13-26(14-10-24)27-15-17-28(18-16-27)29-20-30(34)32(31(35)21-29)39-33(36,37)38/h15-18,20-26H,3-14,19H2,1-2H3. The van der Waals surface area contributed by atoms with E-state index in [0.29, 0.717) is 11.5 Å². The Morgan fingerprint density at radius 2 is 1.38 bits per heavy atom. The zero-order valence-corrected chi connectivity index (χ0v) is 23.3. The van der Waals surface area contributed by atoms with Crippen LogP contribution in [0.4, 0.5) is 22.0 Å². The molecule has 1 nitrogen and oxygen atoms in total. The van der Waals surface area contributed by atoms with E-state index >= 15 is 0 Å². The molecule has 2 aromatic rings. The first kappa shape index (κ1) is 29.9. The van der Waals surface area contributed by atoms with Crippen LogP contribution >= 0.6 is 0 Å². The molecule has 6 heteroatoms. The predicted octanol–water partition coefficient (Wildman–Crippen LogP) is 11.2. The van der Waals surface area contributed by atoms with Gasteiger partial charge < -0.3 is 4.74 Å². The Kier molecular flexibility index (Phi) is 10.3. The first-order valence-corrected chi connectivity index (χ1v) is 15.0. The van der Waals surface area contributed by atoms with Crippen LogP contribution in [-0.2, 0) is 0 Å². The molecule has 4 rings (SSSR count). The Labute approximate surface area is 230 Å². The maximum atomic E-state index is 14.2. The zero-order valence-electron chi connectivity index (χ0n) is 23.3. The van der Waals surface area contributed by atoms with Crippen molar-refractivity contribution in [1.82, 2.24) is 0 Å². The minimum absolute atomic E-state index is 0.179. The number of benzene rings is 2. The van der Waals surface area contributed by atoms with Crippen molar-refractivity contribution in [3.05, 3.63) is 53.6 Å². The van der Waals surface area contributed by atoms with Gasteiger partial charge in [0.15, 0.2) is 11.6 Å². The van der Waals surface area contributed by atoms with Crippen LogP contribution in [0.15, 0.2) is 36.4 Å². The van der Waals surface area contributed by atoms with E-state index in [1.54, 1.807) is 12.1 Å².